The van der Waals surface area contributed by atoms with E-state index in [1.165, 1.54) is 21.3 Å². The van der Waals surface area contributed by atoms with Crippen LogP contribution < -0.4 is 25.3 Å². The number of primary amides is 1. The van der Waals surface area contributed by atoms with Crippen molar-refractivity contribution in [3.63, 3.8) is 0 Å². The molecule has 1 fully saturated rings. The summed E-state index contributed by atoms with van der Waals surface area (Å²) in [6.45, 7) is 0.563. The topological polar surface area (TPSA) is 99.9 Å². The van der Waals surface area contributed by atoms with Crippen LogP contribution in [0.15, 0.2) is 12.1 Å². The van der Waals surface area contributed by atoms with Gasteiger partial charge in [0.25, 0.3) is 0 Å². The molecule has 0 aliphatic heterocycles. The lowest BCUT2D eigenvalue weighted by Crippen LogP contribution is -2.30. The molecule has 7 nitrogen and oxygen atoms in total. The van der Waals surface area contributed by atoms with E-state index in [-0.39, 0.29) is 24.2 Å². The molecule has 25 heavy (non-hydrogen) atoms. The molecule has 0 saturated heterocycles. The molecule has 7 heteroatoms. The molecular formula is C18H26N2O5. The highest BCUT2D eigenvalue weighted by Gasteiger charge is 2.28. The Hall–Kier alpha value is -2.44. The van der Waals surface area contributed by atoms with Gasteiger partial charge in [0.05, 0.1) is 27.8 Å². The number of rotatable bonds is 8. The highest BCUT2D eigenvalue weighted by Crippen LogP contribution is 2.38. The maximum atomic E-state index is 12.2. The van der Waals surface area contributed by atoms with E-state index in [0.717, 1.165) is 24.8 Å². The number of hydrogen-bond donors (Lipinski definition) is 2. The summed E-state index contributed by atoms with van der Waals surface area (Å²) in [4.78, 5) is 23.4. The minimum absolute atomic E-state index is 0.0583. The van der Waals surface area contributed by atoms with E-state index in [0.29, 0.717) is 29.7 Å². The molecule has 1 aliphatic carbocycles. The number of ether oxygens (including phenoxy) is 3. The summed E-state index contributed by atoms with van der Waals surface area (Å²) in [6.07, 6.45) is 2.68. The number of amides is 2. The van der Waals surface area contributed by atoms with Crippen LogP contribution in [0.2, 0.25) is 0 Å². The highest BCUT2D eigenvalue weighted by molar-refractivity contribution is 5.79. The van der Waals surface area contributed by atoms with Crippen LogP contribution in [-0.2, 0) is 16.0 Å². The first-order chi connectivity index (χ1) is 12.0. The fourth-order valence-electron chi connectivity index (χ4n) is 3.26. The molecule has 0 heterocycles. The Balaban J connectivity index is 1.93. The highest BCUT2D eigenvalue weighted by atomic mass is 16.5. The van der Waals surface area contributed by atoms with Gasteiger partial charge in [-0.25, -0.2) is 0 Å². The van der Waals surface area contributed by atoms with Crippen molar-refractivity contribution in [3.8, 4) is 17.2 Å². The van der Waals surface area contributed by atoms with Crippen LogP contribution in [-0.4, -0.2) is 39.7 Å². The largest absolute Gasteiger partial charge is 0.493 e. The molecule has 0 bridgehead atoms. The molecule has 2 amide bonds. The average molecular weight is 350 g/mol. The van der Waals surface area contributed by atoms with Crippen molar-refractivity contribution in [2.75, 3.05) is 27.9 Å². The number of carbonyl (C=O) groups excluding carboxylic acids is 2. The van der Waals surface area contributed by atoms with Crippen LogP contribution in [0.3, 0.4) is 0 Å². The van der Waals surface area contributed by atoms with Crippen molar-refractivity contribution in [2.24, 2.45) is 17.6 Å². The maximum absolute atomic E-state index is 12.2. The number of nitrogens with two attached hydrogens (primary N) is 1. The van der Waals surface area contributed by atoms with Crippen molar-refractivity contribution >= 4 is 11.8 Å². The van der Waals surface area contributed by atoms with Gasteiger partial charge in [0.15, 0.2) is 11.5 Å². The summed E-state index contributed by atoms with van der Waals surface area (Å²) in [5.74, 6) is 1.45. The molecule has 1 aromatic carbocycles. The molecule has 2 atom stereocenters. The minimum atomic E-state index is -0.244. The van der Waals surface area contributed by atoms with Crippen LogP contribution in [0.1, 0.15) is 24.8 Å². The Bertz CT molecular complexity index is 607. The standard InChI is InChI=1S/C18H26N2O5/c1-23-14-7-12(8-15(24-2)17(14)25-3)9-16(21)20-10-11-4-5-13(6-11)18(19)22/h7-8,11,13H,4-6,9-10H2,1-3H3,(H2,19,22)(H,20,21). The van der Waals surface area contributed by atoms with Crippen molar-refractivity contribution in [1.29, 1.82) is 0 Å². The monoisotopic (exact) mass is 350 g/mol. The van der Waals surface area contributed by atoms with E-state index in [4.69, 9.17) is 19.9 Å². The van der Waals surface area contributed by atoms with Gasteiger partial charge in [-0.05, 0) is 42.9 Å². The van der Waals surface area contributed by atoms with Gasteiger partial charge < -0.3 is 25.3 Å². The Morgan fingerprint density at radius 3 is 2.24 bits per heavy atom. The van der Waals surface area contributed by atoms with Crippen molar-refractivity contribution in [2.45, 2.75) is 25.7 Å². The van der Waals surface area contributed by atoms with Crippen molar-refractivity contribution in [3.05, 3.63) is 17.7 Å². The predicted octanol–water partition coefficient (Wildman–Crippen LogP) is 1.27. The van der Waals surface area contributed by atoms with Gasteiger partial charge in [-0.15, -0.1) is 0 Å². The van der Waals surface area contributed by atoms with E-state index in [1.54, 1.807) is 12.1 Å². The van der Waals surface area contributed by atoms with Gasteiger partial charge in [0.1, 0.15) is 0 Å². The molecule has 1 aliphatic rings. The Labute approximate surface area is 147 Å². The summed E-state index contributed by atoms with van der Waals surface area (Å²) in [7, 11) is 4.61. The maximum Gasteiger partial charge on any atom is 0.224 e. The third kappa shape index (κ3) is 4.78. The summed E-state index contributed by atoms with van der Waals surface area (Å²) in [6, 6.07) is 3.53. The van der Waals surface area contributed by atoms with Crippen LogP contribution in [0.4, 0.5) is 0 Å². The third-order valence-corrected chi connectivity index (χ3v) is 4.62. The SMILES string of the molecule is COc1cc(CC(=O)NCC2CCC(C(N)=O)C2)cc(OC)c1OC. The first-order valence-corrected chi connectivity index (χ1v) is 8.33. The van der Waals surface area contributed by atoms with E-state index in [9.17, 15) is 9.59 Å². The Morgan fingerprint density at radius 2 is 1.76 bits per heavy atom. The molecule has 2 rings (SSSR count). The fraction of sp³-hybridized carbons (Fsp3) is 0.556. The molecule has 2 unspecified atom stereocenters. The van der Waals surface area contributed by atoms with Gasteiger partial charge in [-0.2, -0.15) is 0 Å². The van der Waals surface area contributed by atoms with Crippen LogP contribution in [0.5, 0.6) is 17.2 Å². The zero-order valence-electron chi connectivity index (χ0n) is 15.0. The van der Waals surface area contributed by atoms with E-state index in [2.05, 4.69) is 5.32 Å². The third-order valence-electron chi connectivity index (χ3n) is 4.62. The number of benzene rings is 1. The number of hydrogen-bond acceptors (Lipinski definition) is 5. The van der Waals surface area contributed by atoms with Gasteiger partial charge in [-0.3, -0.25) is 9.59 Å². The van der Waals surface area contributed by atoms with Gasteiger partial charge in [-0.1, -0.05) is 0 Å². The van der Waals surface area contributed by atoms with Crippen LogP contribution in [0, 0.1) is 11.8 Å². The summed E-state index contributed by atoms with van der Waals surface area (Å²) in [5.41, 5.74) is 6.11. The number of methoxy groups -OCH3 is 3. The first kappa shape index (κ1) is 18.9. The lowest BCUT2D eigenvalue weighted by molar-refractivity contribution is -0.121. The predicted molar refractivity (Wildman–Crippen MR) is 92.8 cm³/mol. The molecule has 1 saturated carbocycles. The van der Waals surface area contributed by atoms with Crippen LogP contribution >= 0.6 is 0 Å². The quantitative estimate of drug-likeness (QED) is 0.735. The van der Waals surface area contributed by atoms with Crippen molar-refractivity contribution < 1.29 is 23.8 Å². The first-order valence-electron chi connectivity index (χ1n) is 8.33. The molecular weight excluding hydrogens is 324 g/mol. The fourth-order valence-corrected chi connectivity index (χ4v) is 3.26. The molecule has 1 aromatic rings. The van der Waals surface area contributed by atoms with Crippen LogP contribution in [0.25, 0.3) is 0 Å². The van der Waals surface area contributed by atoms with E-state index >= 15 is 0 Å². The number of carbonyl (C=O) groups is 2. The zero-order valence-corrected chi connectivity index (χ0v) is 15.0. The van der Waals surface area contributed by atoms with Gasteiger partial charge in [0.2, 0.25) is 17.6 Å². The molecule has 0 aromatic heterocycles. The molecule has 138 valence electrons. The van der Waals surface area contributed by atoms with E-state index < -0.39 is 0 Å². The van der Waals surface area contributed by atoms with E-state index in [1.807, 2.05) is 0 Å². The lowest BCUT2D eigenvalue weighted by Gasteiger charge is -2.15. The summed E-state index contributed by atoms with van der Waals surface area (Å²) < 4.78 is 15.9. The molecule has 0 spiro atoms. The second-order valence-corrected chi connectivity index (χ2v) is 6.29. The zero-order chi connectivity index (χ0) is 18.4. The minimum Gasteiger partial charge on any atom is -0.493 e. The van der Waals surface area contributed by atoms with Gasteiger partial charge >= 0.3 is 0 Å². The summed E-state index contributed by atoms with van der Waals surface area (Å²) in [5, 5.41) is 2.93. The second-order valence-electron chi connectivity index (χ2n) is 6.29. The molecule has 0 radical (unpaired) electrons. The second kappa shape index (κ2) is 8.60. The number of nitrogens with one attached hydrogen (secondary N) is 1. The average Bonchev–Trinajstić information content (AvgIpc) is 3.08. The van der Waals surface area contributed by atoms with Gasteiger partial charge in [0, 0.05) is 12.5 Å². The summed E-state index contributed by atoms with van der Waals surface area (Å²) >= 11 is 0. The lowest BCUT2D eigenvalue weighted by atomic mass is 10.0. The Kier molecular flexibility index (Phi) is 6.50. The van der Waals surface area contributed by atoms with Crippen molar-refractivity contribution in [1.82, 2.24) is 5.32 Å². The normalized spacial score (nSPS) is 19.3. The Morgan fingerprint density at radius 1 is 1.12 bits per heavy atom. The molecule has 3 N–H and O–H groups in total. The smallest absolute Gasteiger partial charge is 0.224 e.